The standard InChI is InChI=1S/C8H14N2.C5H10O2/c9-6-7-3-5-10-4-1-2-8(7)10;1-5(2,3)7-4-6/h6-9H,1-5H2;4H,1-3H3. The molecule has 2 fully saturated rings. The summed E-state index contributed by atoms with van der Waals surface area (Å²) in [6.07, 6.45) is 5.57. The lowest BCUT2D eigenvalue weighted by Gasteiger charge is -2.16. The molecule has 0 aliphatic carbocycles. The van der Waals surface area contributed by atoms with E-state index in [2.05, 4.69) is 9.64 Å². The van der Waals surface area contributed by atoms with E-state index in [1.807, 2.05) is 20.8 Å². The average Bonchev–Trinajstić information content (AvgIpc) is 2.76. The Kier molecular flexibility index (Phi) is 5.12. The highest BCUT2D eigenvalue weighted by Crippen LogP contribution is 2.31. The number of hydrogen-bond acceptors (Lipinski definition) is 4. The van der Waals surface area contributed by atoms with E-state index in [1.165, 1.54) is 32.4 Å². The molecular formula is C13H24N2O2. The number of carbonyl (C=O) groups excluding carboxylic acids is 1. The molecule has 2 rings (SSSR count). The second-order valence-electron chi connectivity index (χ2n) is 5.69. The first kappa shape index (κ1) is 14.2. The molecule has 0 bridgehead atoms. The zero-order valence-electron chi connectivity index (χ0n) is 11.1. The summed E-state index contributed by atoms with van der Waals surface area (Å²) in [4.78, 5) is 12.1. The number of ether oxygens (including phenoxy) is 1. The lowest BCUT2D eigenvalue weighted by atomic mass is 10.0. The van der Waals surface area contributed by atoms with Crippen molar-refractivity contribution in [3.8, 4) is 0 Å². The third-order valence-corrected chi connectivity index (χ3v) is 3.27. The molecule has 2 aliphatic heterocycles. The Morgan fingerprint density at radius 1 is 1.29 bits per heavy atom. The SMILES string of the molecule is CC(C)(C)OC=O.N=CC1CCN2CCCC12. The maximum Gasteiger partial charge on any atom is 0.293 e. The lowest BCUT2D eigenvalue weighted by molar-refractivity contribution is -0.138. The van der Waals surface area contributed by atoms with Crippen LogP contribution in [0.25, 0.3) is 0 Å². The third-order valence-electron chi connectivity index (χ3n) is 3.27. The molecule has 0 radical (unpaired) electrons. The number of nitrogens with one attached hydrogen (secondary N) is 1. The molecule has 0 aromatic carbocycles. The summed E-state index contributed by atoms with van der Waals surface area (Å²) in [5.41, 5.74) is -0.318. The van der Waals surface area contributed by atoms with E-state index in [1.54, 1.807) is 6.21 Å². The number of rotatable bonds is 2. The summed E-state index contributed by atoms with van der Waals surface area (Å²) in [5.74, 6) is 0.586. The molecule has 1 N–H and O–H groups in total. The Morgan fingerprint density at radius 3 is 2.47 bits per heavy atom. The molecule has 2 aliphatic rings. The quantitative estimate of drug-likeness (QED) is 0.594. The maximum absolute atomic E-state index is 9.60. The Balaban J connectivity index is 0.000000185. The maximum atomic E-state index is 9.60. The van der Waals surface area contributed by atoms with Crippen molar-refractivity contribution in [2.45, 2.75) is 51.7 Å². The van der Waals surface area contributed by atoms with Crippen molar-refractivity contribution < 1.29 is 9.53 Å². The molecule has 0 amide bonds. The Hall–Kier alpha value is -0.900. The Bertz CT molecular complexity index is 261. The van der Waals surface area contributed by atoms with Gasteiger partial charge in [0.05, 0.1) is 0 Å². The van der Waals surface area contributed by atoms with Crippen LogP contribution in [0.4, 0.5) is 0 Å². The van der Waals surface area contributed by atoms with Gasteiger partial charge in [0.1, 0.15) is 5.60 Å². The summed E-state index contributed by atoms with van der Waals surface area (Å²) in [7, 11) is 0. The smallest absolute Gasteiger partial charge is 0.293 e. The minimum absolute atomic E-state index is 0.318. The van der Waals surface area contributed by atoms with Crippen LogP contribution in [-0.2, 0) is 9.53 Å². The molecule has 0 spiro atoms. The van der Waals surface area contributed by atoms with E-state index < -0.39 is 0 Å². The van der Waals surface area contributed by atoms with E-state index in [-0.39, 0.29) is 5.60 Å². The van der Waals surface area contributed by atoms with Gasteiger partial charge in [-0.05, 0) is 59.3 Å². The van der Waals surface area contributed by atoms with Gasteiger partial charge in [0.2, 0.25) is 0 Å². The molecule has 4 heteroatoms. The summed E-state index contributed by atoms with van der Waals surface area (Å²) in [5, 5.41) is 7.20. The van der Waals surface area contributed by atoms with E-state index >= 15 is 0 Å². The van der Waals surface area contributed by atoms with Gasteiger partial charge in [0.25, 0.3) is 6.47 Å². The molecule has 98 valence electrons. The predicted octanol–water partition coefficient (Wildman–Crippen LogP) is 2.08. The van der Waals surface area contributed by atoms with Gasteiger partial charge in [-0.15, -0.1) is 0 Å². The van der Waals surface area contributed by atoms with Crippen LogP contribution in [0.15, 0.2) is 0 Å². The molecule has 17 heavy (non-hydrogen) atoms. The fraction of sp³-hybridized carbons (Fsp3) is 0.846. The average molecular weight is 240 g/mol. The van der Waals surface area contributed by atoms with E-state index in [0.29, 0.717) is 12.4 Å². The van der Waals surface area contributed by atoms with Gasteiger partial charge in [-0.2, -0.15) is 0 Å². The van der Waals surface area contributed by atoms with Gasteiger partial charge in [0, 0.05) is 12.0 Å². The third kappa shape index (κ3) is 4.46. The van der Waals surface area contributed by atoms with Crippen molar-refractivity contribution in [3.05, 3.63) is 0 Å². The van der Waals surface area contributed by atoms with Crippen LogP contribution < -0.4 is 0 Å². The number of fused-ring (bicyclic) bond motifs is 1. The van der Waals surface area contributed by atoms with Gasteiger partial charge in [-0.25, -0.2) is 0 Å². The van der Waals surface area contributed by atoms with Crippen LogP contribution in [-0.4, -0.2) is 42.3 Å². The molecule has 2 saturated heterocycles. The van der Waals surface area contributed by atoms with Gasteiger partial charge in [0.15, 0.2) is 0 Å². The van der Waals surface area contributed by atoms with Crippen molar-refractivity contribution >= 4 is 12.7 Å². The van der Waals surface area contributed by atoms with Crippen molar-refractivity contribution in [1.82, 2.24) is 4.90 Å². The highest BCUT2D eigenvalue weighted by molar-refractivity contribution is 5.58. The fourth-order valence-electron chi connectivity index (χ4n) is 2.46. The topological polar surface area (TPSA) is 53.4 Å². The van der Waals surface area contributed by atoms with E-state index in [9.17, 15) is 4.79 Å². The summed E-state index contributed by atoms with van der Waals surface area (Å²) in [6, 6.07) is 0.748. The normalized spacial score (nSPS) is 27.9. The van der Waals surface area contributed by atoms with Crippen LogP contribution >= 0.6 is 0 Å². The molecule has 0 aromatic heterocycles. The van der Waals surface area contributed by atoms with E-state index in [0.717, 1.165) is 6.04 Å². The first-order valence-electron chi connectivity index (χ1n) is 6.34. The van der Waals surface area contributed by atoms with Crippen LogP contribution in [0.2, 0.25) is 0 Å². The minimum atomic E-state index is -0.318. The zero-order valence-corrected chi connectivity index (χ0v) is 11.1. The number of carbonyl (C=O) groups is 1. The second-order valence-corrected chi connectivity index (χ2v) is 5.69. The summed E-state index contributed by atoms with van der Waals surface area (Å²) in [6.45, 7) is 8.45. The molecular weight excluding hydrogens is 216 g/mol. The Labute approximate surface area is 104 Å². The predicted molar refractivity (Wildman–Crippen MR) is 68.4 cm³/mol. The summed E-state index contributed by atoms with van der Waals surface area (Å²) < 4.78 is 4.55. The summed E-state index contributed by atoms with van der Waals surface area (Å²) >= 11 is 0. The fourth-order valence-corrected chi connectivity index (χ4v) is 2.46. The number of hydrogen-bond donors (Lipinski definition) is 1. The van der Waals surface area contributed by atoms with Gasteiger partial charge in [-0.1, -0.05) is 0 Å². The van der Waals surface area contributed by atoms with Crippen LogP contribution in [0, 0.1) is 11.3 Å². The largest absolute Gasteiger partial charge is 0.462 e. The second kappa shape index (κ2) is 6.15. The molecule has 2 unspecified atom stereocenters. The van der Waals surface area contributed by atoms with E-state index in [4.69, 9.17) is 5.41 Å². The Morgan fingerprint density at radius 2 is 2.00 bits per heavy atom. The van der Waals surface area contributed by atoms with Gasteiger partial charge >= 0.3 is 0 Å². The van der Waals surface area contributed by atoms with Crippen LogP contribution in [0.3, 0.4) is 0 Å². The molecule has 2 heterocycles. The lowest BCUT2D eigenvalue weighted by Crippen LogP contribution is -2.26. The molecule has 0 aromatic rings. The first-order valence-corrected chi connectivity index (χ1v) is 6.34. The van der Waals surface area contributed by atoms with Crippen molar-refractivity contribution in [3.63, 3.8) is 0 Å². The minimum Gasteiger partial charge on any atom is -0.462 e. The highest BCUT2D eigenvalue weighted by Gasteiger charge is 2.35. The molecule has 0 saturated carbocycles. The van der Waals surface area contributed by atoms with Crippen LogP contribution in [0.1, 0.15) is 40.0 Å². The molecule has 4 nitrogen and oxygen atoms in total. The monoisotopic (exact) mass is 240 g/mol. The van der Waals surface area contributed by atoms with Gasteiger partial charge in [-0.3, -0.25) is 9.69 Å². The van der Waals surface area contributed by atoms with Gasteiger partial charge < -0.3 is 10.1 Å². The molecule has 2 atom stereocenters. The number of nitrogens with zero attached hydrogens (tertiary/aromatic N) is 1. The zero-order chi connectivity index (χ0) is 12.9. The van der Waals surface area contributed by atoms with Crippen molar-refractivity contribution in [1.29, 1.82) is 5.41 Å². The van der Waals surface area contributed by atoms with Crippen molar-refractivity contribution in [2.24, 2.45) is 5.92 Å². The first-order chi connectivity index (χ1) is 7.98. The van der Waals surface area contributed by atoms with Crippen LogP contribution in [0.5, 0.6) is 0 Å². The highest BCUT2D eigenvalue weighted by atomic mass is 16.5. The van der Waals surface area contributed by atoms with Crippen molar-refractivity contribution in [2.75, 3.05) is 13.1 Å².